The Bertz CT molecular complexity index is 303. The lowest BCUT2D eigenvalue weighted by Gasteiger charge is -2.28. The summed E-state index contributed by atoms with van der Waals surface area (Å²) < 4.78 is 36.4. The molecule has 2 fully saturated rings. The van der Waals surface area contributed by atoms with E-state index >= 15 is 0 Å². The summed E-state index contributed by atoms with van der Waals surface area (Å²) in [5, 5.41) is 0. The maximum atomic E-state index is 12.1. The molecule has 1 heterocycles. The van der Waals surface area contributed by atoms with Crippen LogP contribution in [0, 0.1) is 5.92 Å². The molecule has 0 spiro atoms. The van der Waals surface area contributed by atoms with Gasteiger partial charge >= 0.3 is 6.18 Å². The molecule has 2 atom stereocenters. The van der Waals surface area contributed by atoms with Crippen LogP contribution in [-0.4, -0.2) is 36.0 Å². The lowest BCUT2D eigenvalue weighted by Crippen LogP contribution is -2.38. The van der Waals surface area contributed by atoms with E-state index < -0.39 is 12.6 Å². The van der Waals surface area contributed by atoms with Gasteiger partial charge in [0.15, 0.2) is 0 Å². The molecule has 0 aromatic heterocycles. The molecule has 2 unspecified atom stereocenters. The number of carbonyl (C=O) groups is 1. The van der Waals surface area contributed by atoms with Crippen LogP contribution in [-0.2, 0) is 4.79 Å². The van der Waals surface area contributed by atoms with Crippen LogP contribution in [0.3, 0.4) is 0 Å². The summed E-state index contributed by atoms with van der Waals surface area (Å²) in [6.45, 7) is 1.33. The van der Waals surface area contributed by atoms with Crippen molar-refractivity contribution >= 4 is 5.78 Å². The van der Waals surface area contributed by atoms with Crippen LogP contribution in [0.2, 0.25) is 0 Å². The Morgan fingerprint density at radius 3 is 2.61 bits per heavy atom. The van der Waals surface area contributed by atoms with Crippen molar-refractivity contribution in [3.8, 4) is 0 Å². The summed E-state index contributed by atoms with van der Waals surface area (Å²) in [5.74, 6) is 0.418. The normalized spacial score (nSPS) is 30.3. The van der Waals surface area contributed by atoms with E-state index in [1.165, 1.54) is 0 Å². The van der Waals surface area contributed by atoms with Crippen molar-refractivity contribution in [2.45, 2.75) is 57.2 Å². The Hall–Kier alpha value is -0.580. The van der Waals surface area contributed by atoms with Crippen LogP contribution in [0.15, 0.2) is 0 Å². The van der Waals surface area contributed by atoms with Gasteiger partial charge in [0.05, 0.1) is 0 Å². The van der Waals surface area contributed by atoms with Gasteiger partial charge in [0, 0.05) is 24.8 Å². The average Bonchev–Trinajstić information content (AvgIpc) is 2.84. The van der Waals surface area contributed by atoms with E-state index in [2.05, 4.69) is 4.90 Å². The first kappa shape index (κ1) is 13.8. The molecule has 2 rings (SSSR count). The third kappa shape index (κ3) is 3.46. The predicted octanol–water partition coefficient (Wildman–Crippen LogP) is 3.16. The molecule has 0 bridgehead atoms. The highest BCUT2D eigenvalue weighted by Crippen LogP contribution is 2.33. The van der Waals surface area contributed by atoms with Gasteiger partial charge in [-0.05, 0) is 45.2 Å². The highest BCUT2D eigenvalue weighted by Gasteiger charge is 2.38. The Kier molecular flexibility index (Phi) is 4.30. The molecule has 0 radical (unpaired) electrons. The molecule has 1 aliphatic carbocycles. The second-order valence-corrected chi connectivity index (χ2v) is 5.43. The second-order valence-electron chi connectivity index (χ2n) is 5.43. The van der Waals surface area contributed by atoms with E-state index in [0.717, 1.165) is 32.2 Å². The quantitative estimate of drug-likeness (QED) is 0.776. The molecule has 1 saturated heterocycles. The number of carbonyl (C=O) groups excluding carboxylic acids is 1. The Morgan fingerprint density at radius 2 is 2.00 bits per heavy atom. The van der Waals surface area contributed by atoms with E-state index in [0.29, 0.717) is 18.7 Å². The van der Waals surface area contributed by atoms with E-state index in [1.54, 1.807) is 0 Å². The first-order valence-corrected chi connectivity index (χ1v) is 6.81. The van der Waals surface area contributed by atoms with Gasteiger partial charge < -0.3 is 0 Å². The van der Waals surface area contributed by atoms with Crippen molar-refractivity contribution in [1.29, 1.82) is 0 Å². The van der Waals surface area contributed by atoms with Crippen LogP contribution in [0.5, 0.6) is 0 Å². The minimum atomic E-state index is -4.06. The van der Waals surface area contributed by atoms with Gasteiger partial charge in [-0.1, -0.05) is 0 Å². The molecule has 1 saturated carbocycles. The smallest absolute Gasteiger partial charge is 0.300 e. The molecule has 1 aliphatic heterocycles. The number of rotatable bonds is 4. The summed E-state index contributed by atoms with van der Waals surface area (Å²) in [5.41, 5.74) is 0. The largest absolute Gasteiger partial charge is 0.389 e. The molecule has 0 aromatic carbocycles. The zero-order valence-corrected chi connectivity index (χ0v) is 10.5. The monoisotopic (exact) mass is 263 g/mol. The van der Waals surface area contributed by atoms with Crippen molar-refractivity contribution in [3.63, 3.8) is 0 Å². The number of hydrogen-bond acceptors (Lipinski definition) is 2. The van der Waals surface area contributed by atoms with Gasteiger partial charge in [0.25, 0.3) is 0 Å². The Labute approximate surface area is 106 Å². The fraction of sp³-hybridized carbons (Fsp3) is 0.923. The maximum absolute atomic E-state index is 12.1. The van der Waals surface area contributed by atoms with Gasteiger partial charge in [0.2, 0.25) is 0 Å². The summed E-state index contributed by atoms with van der Waals surface area (Å²) in [6.07, 6.45) is -0.0791. The highest BCUT2D eigenvalue weighted by molar-refractivity contribution is 5.83. The molecule has 18 heavy (non-hydrogen) atoms. The number of hydrogen-bond donors (Lipinski definition) is 0. The third-order valence-corrected chi connectivity index (χ3v) is 4.14. The molecular formula is C13H20F3NO. The number of Topliss-reactive ketones (excluding diaryl/α,β-unsaturated/α-hetero) is 1. The van der Waals surface area contributed by atoms with Crippen molar-refractivity contribution < 1.29 is 18.0 Å². The van der Waals surface area contributed by atoms with Gasteiger partial charge in [-0.25, -0.2) is 0 Å². The minimum absolute atomic E-state index is 0.0957. The topological polar surface area (TPSA) is 20.3 Å². The SMILES string of the molecule is O=C1CCCC1C1CCCN1CCCC(F)(F)F. The number of halogens is 3. The van der Waals surface area contributed by atoms with Crippen LogP contribution in [0.4, 0.5) is 13.2 Å². The highest BCUT2D eigenvalue weighted by atomic mass is 19.4. The van der Waals surface area contributed by atoms with E-state index in [9.17, 15) is 18.0 Å². The van der Waals surface area contributed by atoms with Gasteiger partial charge in [-0.3, -0.25) is 9.69 Å². The first-order valence-electron chi connectivity index (χ1n) is 6.81. The second kappa shape index (κ2) is 5.59. The summed E-state index contributed by atoms with van der Waals surface area (Å²) in [6, 6.07) is 0.216. The van der Waals surface area contributed by atoms with E-state index in [4.69, 9.17) is 0 Å². The number of likely N-dealkylation sites (tertiary alicyclic amines) is 1. The Morgan fingerprint density at radius 1 is 1.22 bits per heavy atom. The third-order valence-electron chi connectivity index (χ3n) is 4.14. The Balaban J connectivity index is 1.82. The summed E-state index contributed by atoms with van der Waals surface area (Å²) in [7, 11) is 0. The van der Waals surface area contributed by atoms with E-state index in [1.807, 2.05) is 0 Å². The van der Waals surface area contributed by atoms with Gasteiger partial charge in [-0.15, -0.1) is 0 Å². The molecule has 0 N–H and O–H groups in total. The molecule has 0 aromatic rings. The maximum Gasteiger partial charge on any atom is 0.389 e. The number of nitrogens with zero attached hydrogens (tertiary/aromatic N) is 1. The lowest BCUT2D eigenvalue weighted by molar-refractivity contribution is -0.136. The standard InChI is InChI=1S/C13H20F3NO/c14-13(15,16)7-3-9-17-8-2-5-11(17)10-4-1-6-12(10)18/h10-11H,1-9H2. The molecule has 104 valence electrons. The van der Waals surface area contributed by atoms with Crippen LogP contribution in [0.1, 0.15) is 44.9 Å². The van der Waals surface area contributed by atoms with Gasteiger partial charge in [-0.2, -0.15) is 13.2 Å². The van der Waals surface area contributed by atoms with Crippen molar-refractivity contribution in [2.24, 2.45) is 5.92 Å². The van der Waals surface area contributed by atoms with E-state index in [-0.39, 0.29) is 18.4 Å². The van der Waals surface area contributed by atoms with Crippen LogP contribution < -0.4 is 0 Å². The molecule has 5 heteroatoms. The van der Waals surface area contributed by atoms with Gasteiger partial charge in [0.1, 0.15) is 5.78 Å². The van der Waals surface area contributed by atoms with Crippen LogP contribution in [0.25, 0.3) is 0 Å². The first-order chi connectivity index (χ1) is 8.47. The number of alkyl halides is 3. The zero-order chi connectivity index (χ0) is 13.2. The minimum Gasteiger partial charge on any atom is -0.300 e. The van der Waals surface area contributed by atoms with Crippen molar-refractivity contribution in [3.05, 3.63) is 0 Å². The summed E-state index contributed by atoms with van der Waals surface area (Å²) >= 11 is 0. The van der Waals surface area contributed by atoms with Crippen LogP contribution >= 0.6 is 0 Å². The molecule has 2 nitrogen and oxygen atoms in total. The fourth-order valence-corrected chi connectivity index (χ4v) is 3.32. The average molecular weight is 263 g/mol. The van der Waals surface area contributed by atoms with Crippen molar-refractivity contribution in [2.75, 3.05) is 13.1 Å². The predicted molar refractivity (Wildman–Crippen MR) is 62.2 cm³/mol. The summed E-state index contributed by atoms with van der Waals surface area (Å²) in [4.78, 5) is 13.8. The lowest BCUT2D eigenvalue weighted by atomic mass is 9.95. The fourth-order valence-electron chi connectivity index (χ4n) is 3.32. The molecule has 2 aliphatic rings. The van der Waals surface area contributed by atoms with Crippen molar-refractivity contribution in [1.82, 2.24) is 4.90 Å². The number of ketones is 1. The zero-order valence-electron chi connectivity index (χ0n) is 10.5. The molecule has 0 amide bonds. The molecular weight excluding hydrogens is 243 g/mol.